The van der Waals surface area contributed by atoms with Gasteiger partial charge >= 0.3 is 0 Å². The van der Waals surface area contributed by atoms with E-state index in [2.05, 4.69) is 44.6 Å². The van der Waals surface area contributed by atoms with Crippen LogP contribution in [0, 0.1) is 0 Å². The molecule has 0 amide bonds. The van der Waals surface area contributed by atoms with E-state index in [0.29, 0.717) is 5.82 Å². The van der Waals surface area contributed by atoms with Crippen LogP contribution < -0.4 is 16.2 Å². The summed E-state index contributed by atoms with van der Waals surface area (Å²) in [6.45, 7) is 1.93. The molecule has 0 aliphatic carbocycles. The number of benzene rings is 1. The molecule has 3 N–H and O–H groups in total. The van der Waals surface area contributed by atoms with E-state index in [4.69, 9.17) is 5.84 Å². The Morgan fingerprint density at radius 2 is 1.81 bits per heavy atom. The van der Waals surface area contributed by atoms with E-state index < -0.39 is 0 Å². The lowest BCUT2D eigenvalue weighted by Gasteiger charge is -2.22. The van der Waals surface area contributed by atoms with E-state index in [0.717, 1.165) is 36.9 Å². The number of fused-ring (bicyclic) bond motifs is 1. The van der Waals surface area contributed by atoms with Crippen LogP contribution in [-0.2, 0) is 12.8 Å². The van der Waals surface area contributed by atoms with Crippen LogP contribution in [0.15, 0.2) is 35.5 Å². The zero-order valence-corrected chi connectivity index (χ0v) is 12.9. The first-order valence-corrected chi connectivity index (χ1v) is 8.24. The molecule has 0 saturated carbocycles. The Bertz CT molecular complexity index is 582. The standard InChI is InChI=1S/C15H19N5S/c1-21-15-17-13(19-16)10-14(18-15)20-8-6-11-4-2-3-5-12(11)7-9-20/h2-5,10H,6-9,16H2,1H3,(H,17,18,19). The van der Waals surface area contributed by atoms with Crippen molar-refractivity contribution >= 4 is 23.4 Å². The number of hydrogen-bond donors (Lipinski definition) is 2. The molecule has 1 aromatic carbocycles. The van der Waals surface area contributed by atoms with Crippen LogP contribution in [-0.4, -0.2) is 29.3 Å². The van der Waals surface area contributed by atoms with Crippen molar-refractivity contribution < 1.29 is 0 Å². The van der Waals surface area contributed by atoms with Crippen molar-refractivity contribution in [3.63, 3.8) is 0 Å². The second kappa shape index (κ2) is 6.32. The first-order chi connectivity index (χ1) is 10.3. The number of nitrogens with one attached hydrogen (secondary N) is 1. The molecule has 6 heteroatoms. The van der Waals surface area contributed by atoms with Crippen molar-refractivity contribution in [2.24, 2.45) is 5.84 Å². The average Bonchev–Trinajstić information content (AvgIpc) is 2.77. The molecule has 0 radical (unpaired) electrons. The number of aromatic nitrogens is 2. The summed E-state index contributed by atoms with van der Waals surface area (Å²) in [7, 11) is 0. The second-order valence-electron chi connectivity index (χ2n) is 5.00. The smallest absolute Gasteiger partial charge is 0.191 e. The predicted octanol–water partition coefficient (Wildman–Crippen LogP) is 2.09. The topological polar surface area (TPSA) is 67.1 Å². The third kappa shape index (κ3) is 3.11. The zero-order valence-electron chi connectivity index (χ0n) is 12.0. The number of hydrogen-bond acceptors (Lipinski definition) is 6. The molecule has 2 aromatic rings. The van der Waals surface area contributed by atoms with Crippen LogP contribution in [0.25, 0.3) is 0 Å². The molecule has 0 unspecified atom stereocenters. The third-order valence-electron chi connectivity index (χ3n) is 3.77. The fraction of sp³-hybridized carbons (Fsp3) is 0.333. The van der Waals surface area contributed by atoms with Gasteiger partial charge in [-0.3, -0.25) is 0 Å². The summed E-state index contributed by atoms with van der Waals surface area (Å²) in [5, 5.41) is 0.738. The van der Waals surface area contributed by atoms with Gasteiger partial charge in [-0.25, -0.2) is 15.8 Å². The van der Waals surface area contributed by atoms with Crippen LogP contribution in [0.1, 0.15) is 11.1 Å². The first-order valence-electron chi connectivity index (χ1n) is 7.01. The number of hydrazine groups is 1. The Morgan fingerprint density at radius 3 is 2.38 bits per heavy atom. The number of nitrogens with zero attached hydrogens (tertiary/aromatic N) is 3. The maximum absolute atomic E-state index is 5.50. The highest BCUT2D eigenvalue weighted by molar-refractivity contribution is 7.98. The summed E-state index contributed by atoms with van der Waals surface area (Å²) in [6.07, 6.45) is 4.05. The van der Waals surface area contributed by atoms with Gasteiger partial charge in [-0.05, 0) is 30.2 Å². The molecule has 0 saturated heterocycles. The van der Waals surface area contributed by atoms with Crippen molar-refractivity contribution in [1.29, 1.82) is 0 Å². The Hall–Kier alpha value is -1.79. The molecular weight excluding hydrogens is 282 g/mol. The molecule has 0 fully saturated rings. The summed E-state index contributed by atoms with van der Waals surface area (Å²) in [6, 6.07) is 10.6. The molecule has 0 bridgehead atoms. The van der Waals surface area contributed by atoms with Gasteiger partial charge in [0.25, 0.3) is 0 Å². The van der Waals surface area contributed by atoms with Crippen molar-refractivity contribution in [2.45, 2.75) is 18.0 Å². The molecule has 21 heavy (non-hydrogen) atoms. The van der Waals surface area contributed by atoms with Crippen LogP contribution in [0.3, 0.4) is 0 Å². The fourth-order valence-electron chi connectivity index (χ4n) is 2.64. The van der Waals surface area contributed by atoms with Gasteiger partial charge in [0.1, 0.15) is 11.6 Å². The molecule has 1 aromatic heterocycles. The summed E-state index contributed by atoms with van der Waals surface area (Å²) in [4.78, 5) is 11.2. The number of nitrogen functional groups attached to an aromatic ring is 1. The minimum Gasteiger partial charge on any atom is -0.356 e. The van der Waals surface area contributed by atoms with Gasteiger partial charge < -0.3 is 10.3 Å². The zero-order chi connectivity index (χ0) is 14.7. The number of nitrogens with two attached hydrogens (primary N) is 1. The van der Waals surface area contributed by atoms with Gasteiger partial charge in [-0.2, -0.15) is 0 Å². The highest BCUT2D eigenvalue weighted by Crippen LogP contribution is 2.23. The molecule has 3 rings (SSSR count). The van der Waals surface area contributed by atoms with Gasteiger partial charge in [-0.1, -0.05) is 36.0 Å². The summed E-state index contributed by atoms with van der Waals surface area (Å²) >= 11 is 1.52. The molecule has 110 valence electrons. The van der Waals surface area contributed by atoms with E-state index in [9.17, 15) is 0 Å². The van der Waals surface area contributed by atoms with Crippen LogP contribution >= 0.6 is 11.8 Å². The Kier molecular flexibility index (Phi) is 4.26. The molecule has 0 atom stereocenters. The highest BCUT2D eigenvalue weighted by Gasteiger charge is 2.16. The quantitative estimate of drug-likeness (QED) is 0.392. The number of anilines is 2. The summed E-state index contributed by atoms with van der Waals surface area (Å²) < 4.78 is 0. The van der Waals surface area contributed by atoms with Crippen molar-refractivity contribution in [1.82, 2.24) is 9.97 Å². The summed E-state index contributed by atoms with van der Waals surface area (Å²) in [5.74, 6) is 7.10. The number of thioether (sulfide) groups is 1. The van der Waals surface area contributed by atoms with Crippen molar-refractivity contribution in [3.8, 4) is 0 Å². The first kappa shape index (κ1) is 14.2. The normalized spacial score (nSPS) is 14.5. The van der Waals surface area contributed by atoms with E-state index >= 15 is 0 Å². The lowest BCUT2D eigenvalue weighted by molar-refractivity contribution is 0.775. The third-order valence-corrected chi connectivity index (χ3v) is 4.31. The Morgan fingerprint density at radius 1 is 1.14 bits per heavy atom. The van der Waals surface area contributed by atoms with Crippen LogP contribution in [0.5, 0.6) is 0 Å². The van der Waals surface area contributed by atoms with E-state index in [1.54, 1.807) is 0 Å². The predicted molar refractivity (Wildman–Crippen MR) is 87.7 cm³/mol. The van der Waals surface area contributed by atoms with E-state index in [-0.39, 0.29) is 0 Å². The highest BCUT2D eigenvalue weighted by atomic mass is 32.2. The Labute approximate surface area is 128 Å². The van der Waals surface area contributed by atoms with Crippen molar-refractivity contribution in [2.75, 3.05) is 29.7 Å². The molecule has 1 aliphatic heterocycles. The van der Waals surface area contributed by atoms with Gasteiger partial charge in [-0.15, -0.1) is 0 Å². The molecule has 1 aliphatic rings. The fourth-order valence-corrected chi connectivity index (χ4v) is 3.01. The van der Waals surface area contributed by atoms with Crippen molar-refractivity contribution in [3.05, 3.63) is 41.5 Å². The minimum absolute atomic E-state index is 0.658. The Balaban J connectivity index is 1.85. The molecule has 0 spiro atoms. The molecule has 5 nitrogen and oxygen atoms in total. The van der Waals surface area contributed by atoms with Crippen LogP contribution in [0.4, 0.5) is 11.6 Å². The van der Waals surface area contributed by atoms with Gasteiger partial charge in [0.2, 0.25) is 0 Å². The van der Waals surface area contributed by atoms with E-state index in [1.807, 2.05) is 12.3 Å². The second-order valence-corrected chi connectivity index (χ2v) is 5.77. The summed E-state index contributed by atoms with van der Waals surface area (Å²) in [5.41, 5.74) is 5.50. The van der Waals surface area contributed by atoms with Gasteiger partial charge in [0.05, 0.1) is 0 Å². The van der Waals surface area contributed by atoms with E-state index in [1.165, 1.54) is 22.9 Å². The van der Waals surface area contributed by atoms with Gasteiger partial charge in [0.15, 0.2) is 5.16 Å². The lowest BCUT2D eigenvalue weighted by atomic mass is 10.0. The maximum Gasteiger partial charge on any atom is 0.191 e. The number of rotatable bonds is 3. The lowest BCUT2D eigenvalue weighted by Crippen LogP contribution is -2.27. The van der Waals surface area contributed by atoms with Gasteiger partial charge in [0, 0.05) is 19.2 Å². The maximum atomic E-state index is 5.50. The molecule has 2 heterocycles. The monoisotopic (exact) mass is 301 g/mol. The SMILES string of the molecule is CSc1nc(NN)cc(N2CCc3ccccc3CC2)n1. The average molecular weight is 301 g/mol. The molecular formula is C15H19N5S. The minimum atomic E-state index is 0.658. The van der Waals surface area contributed by atoms with Crippen LogP contribution in [0.2, 0.25) is 0 Å². The largest absolute Gasteiger partial charge is 0.356 e.